The molecule has 28 heavy (non-hydrogen) atoms. The van der Waals surface area contributed by atoms with Crippen LogP contribution in [0.15, 0.2) is 30.3 Å². The van der Waals surface area contributed by atoms with Crippen molar-refractivity contribution in [1.29, 1.82) is 0 Å². The third-order valence-electron chi connectivity index (χ3n) is 5.65. The number of Topliss-reactive ketones (excluding diaryl/α,β-unsaturated/α-hetero) is 1. The van der Waals surface area contributed by atoms with Crippen LogP contribution in [0.4, 0.5) is 8.78 Å². The van der Waals surface area contributed by atoms with Gasteiger partial charge in [-0.15, -0.1) is 0 Å². The summed E-state index contributed by atoms with van der Waals surface area (Å²) in [7, 11) is 0. The van der Waals surface area contributed by atoms with Crippen LogP contribution in [-0.2, 0) is 0 Å². The van der Waals surface area contributed by atoms with Gasteiger partial charge in [0.25, 0.3) is 5.91 Å². The van der Waals surface area contributed by atoms with E-state index in [-0.39, 0.29) is 23.7 Å². The maximum absolute atomic E-state index is 13.4. The Kier molecular flexibility index (Phi) is 4.44. The molecule has 1 spiro atoms. The lowest BCUT2D eigenvalue weighted by Gasteiger charge is -2.44. The predicted octanol–water partition coefficient (Wildman–Crippen LogP) is 4.22. The third kappa shape index (κ3) is 3.17. The Labute approximate surface area is 162 Å². The van der Waals surface area contributed by atoms with Gasteiger partial charge in [-0.1, -0.05) is 6.07 Å². The van der Waals surface area contributed by atoms with Gasteiger partial charge < -0.3 is 9.64 Å². The molecule has 1 fully saturated rings. The molecule has 0 bridgehead atoms. The number of fused-ring (bicyclic) bond motifs is 1. The molecule has 2 aromatic carbocycles. The molecule has 2 aliphatic rings. The number of rotatable bonds is 1. The zero-order valence-electron chi connectivity index (χ0n) is 15.9. The van der Waals surface area contributed by atoms with Crippen molar-refractivity contribution >= 4 is 11.7 Å². The van der Waals surface area contributed by atoms with E-state index in [2.05, 4.69) is 0 Å². The highest BCUT2D eigenvalue weighted by Gasteiger charge is 2.44. The minimum atomic E-state index is -1.04. The van der Waals surface area contributed by atoms with Gasteiger partial charge in [0.15, 0.2) is 17.4 Å². The standard InChI is InChI=1S/C22H21F2NO3/c1-13-9-14(2)20-16(10-13)19(26)12-22(28-20)5-7-25(8-6-22)21(27)15-3-4-17(23)18(24)11-15/h3-4,9-11H,5-8,12H2,1-2H3. The number of halogens is 2. The number of hydrogen-bond donors (Lipinski definition) is 0. The minimum Gasteiger partial charge on any atom is -0.486 e. The number of ketones is 1. The molecule has 1 amide bonds. The summed E-state index contributed by atoms with van der Waals surface area (Å²) in [6, 6.07) is 7.02. The van der Waals surface area contributed by atoms with E-state index < -0.39 is 17.2 Å². The summed E-state index contributed by atoms with van der Waals surface area (Å²) in [5, 5.41) is 0. The van der Waals surface area contributed by atoms with Crippen LogP contribution < -0.4 is 4.74 Å². The number of hydrogen-bond acceptors (Lipinski definition) is 3. The number of ether oxygens (including phenoxy) is 1. The van der Waals surface area contributed by atoms with E-state index >= 15 is 0 Å². The molecule has 0 N–H and O–H groups in total. The van der Waals surface area contributed by atoms with Crippen LogP contribution in [-0.4, -0.2) is 35.3 Å². The first kappa shape index (κ1) is 18.6. The van der Waals surface area contributed by atoms with Gasteiger partial charge >= 0.3 is 0 Å². The van der Waals surface area contributed by atoms with E-state index in [1.807, 2.05) is 26.0 Å². The van der Waals surface area contributed by atoms with Crippen LogP contribution in [0.1, 0.15) is 51.1 Å². The SMILES string of the molecule is Cc1cc(C)c2c(c1)C(=O)CC1(CCN(C(=O)c3ccc(F)c(F)c3)CC1)O2. The number of carbonyl (C=O) groups is 2. The molecule has 146 valence electrons. The first-order chi connectivity index (χ1) is 13.3. The molecule has 2 aromatic rings. The molecule has 1 saturated heterocycles. The second-order valence-corrected chi connectivity index (χ2v) is 7.76. The molecule has 0 atom stereocenters. The summed E-state index contributed by atoms with van der Waals surface area (Å²) in [5.74, 6) is -1.66. The molecule has 4 nitrogen and oxygen atoms in total. The molecular formula is C22H21F2NO3. The summed E-state index contributed by atoms with van der Waals surface area (Å²) in [6.07, 6.45) is 1.32. The van der Waals surface area contributed by atoms with Crippen LogP contribution in [0, 0.1) is 25.5 Å². The number of piperidine rings is 1. The molecule has 6 heteroatoms. The first-order valence-electron chi connectivity index (χ1n) is 9.36. The highest BCUT2D eigenvalue weighted by Crippen LogP contribution is 2.41. The Hall–Kier alpha value is -2.76. The van der Waals surface area contributed by atoms with Crippen molar-refractivity contribution in [3.8, 4) is 5.75 Å². The molecule has 2 aliphatic heterocycles. The summed E-state index contributed by atoms with van der Waals surface area (Å²) < 4.78 is 32.9. The Morgan fingerprint density at radius 1 is 1.07 bits per heavy atom. The Morgan fingerprint density at radius 2 is 1.79 bits per heavy atom. The monoisotopic (exact) mass is 385 g/mol. The quantitative estimate of drug-likeness (QED) is 0.738. The van der Waals surface area contributed by atoms with Gasteiger partial charge in [-0.3, -0.25) is 9.59 Å². The fourth-order valence-corrected chi connectivity index (χ4v) is 4.15. The Balaban J connectivity index is 1.51. The zero-order valence-corrected chi connectivity index (χ0v) is 15.9. The van der Waals surface area contributed by atoms with Crippen molar-refractivity contribution in [1.82, 2.24) is 4.90 Å². The van der Waals surface area contributed by atoms with E-state index in [1.54, 1.807) is 4.90 Å². The third-order valence-corrected chi connectivity index (χ3v) is 5.65. The van der Waals surface area contributed by atoms with Crippen LogP contribution in [0.25, 0.3) is 0 Å². The molecule has 0 unspecified atom stereocenters. The van der Waals surface area contributed by atoms with Crippen LogP contribution in [0.3, 0.4) is 0 Å². The number of likely N-dealkylation sites (tertiary alicyclic amines) is 1. The van der Waals surface area contributed by atoms with Crippen LogP contribution >= 0.6 is 0 Å². The highest BCUT2D eigenvalue weighted by atomic mass is 19.2. The lowest BCUT2D eigenvalue weighted by atomic mass is 9.81. The minimum absolute atomic E-state index is 0.0634. The van der Waals surface area contributed by atoms with Gasteiger partial charge in [-0.2, -0.15) is 0 Å². The number of carbonyl (C=O) groups excluding carboxylic acids is 2. The van der Waals surface area contributed by atoms with Crippen molar-refractivity contribution in [2.75, 3.05) is 13.1 Å². The van der Waals surface area contributed by atoms with E-state index in [9.17, 15) is 18.4 Å². The van der Waals surface area contributed by atoms with Gasteiger partial charge in [0.05, 0.1) is 12.0 Å². The molecule has 0 radical (unpaired) electrons. The van der Waals surface area contributed by atoms with Crippen molar-refractivity contribution in [2.45, 2.75) is 38.7 Å². The lowest BCUT2D eigenvalue weighted by Crippen LogP contribution is -2.52. The zero-order chi connectivity index (χ0) is 20.1. The number of nitrogens with zero attached hydrogens (tertiary/aromatic N) is 1. The van der Waals surface area contributed by atoms with Gasteiger partial charge in [0.1, 0.15) is 11.4 Å². The normalized spacial score (nSPS) is 18.0. The molecule has 0 aromatic heterocycles. The molecular weight excluding hydrogens is 364 g/mol. The number of benzene rings is 2. The topological polar surface area (TPSA) is 46.6 Å². The molecule has 0 aliphatic carbocycles. The van der Waals surface area contributed by atoms with Gasteiger partial charge in [-0.25, -0.2) is 8.78 Å². The van der Waals surface area contributed by atoms with Crippen molar-refractivity contribution in [2.24, 2.45) is 0 Å². The highest BCUT2D eigenvalue weighted by molar-refractivity contribution is 6.01. The second kappa shape index (κ2) is 6.69. The maximum Gasteiger partial charge on any atom is 0.253 e. The van der Waals surface area contributed by atoms with E-state index in [1.165, 1.54) is 6.07 Å². The average Bonchev–Trinajstić information content (AvgIpc) is 2.65. The van der Waals surface area contributed by atoms with Gasteiger partial charge in [0, 0.05) is 31.5 Å². The molecule has 0 saturated carbocycles. The summed E-state index contributed by atoms with van der Waals surface area (Å²) >= 11 is 0. The average molecular weight is 385 g/mol. The lowest BCUT2D eigenvalue weighted by molar-refractivity contribution is -0.00620. The van der Waals surface area contributed by atoms with Crippen LogP contribution in [0.5, 0.6) is 5.75 Å². The molecule has 4 rings (SSSR count). The van der Waals surface area contributed by atoms with Gasteiger partial charge in [-0.05, 0) is 49.2 Å². The summed E-state index contributed by atoms with van der Waals surface area (Å²) in [5.41, 5.74) is 2.09. The van der Waals surface area contributed by atoms with Crippen molar-refractivity contribution in [3.63, 3.8) is 0 Å². The second-order valence-electron chi connectivity index (χ2n) is 7.76. The van der Waals surface area contributed by atoms with Gasteiger partial charge in [0.2, 0.25) is 0 Å². The predicted molar refractivity (Wildman–Crippen MR) is 99.7 cm³/mol. The maximum atomic E-state index is 13.4. The smallest absolute Gasteiger partial charge is 0.253 e. The van der Waals surface area contributed by atoms with E-state index in [4.69, 9.17) is 4.74 Å². The fourth-order valence-electron chi connectivity index (χ4n) is 4.15. The number of amides is 1. The van der Waals surface area contributed by atoms with E-state index in [0.717, 1.165) is 23.3 Å². The van der Waals surface area contributed by atoms with Crippen LogP contribution in [0.2, 0.25) is 0 Å². The van der Waals surface area contributed by atoms with Crippen molar-refractivity contribution in [3.05, 3.63) is 64.2 Å². The first-order valence-corrected chi connectivity index (χ1v) is 9.36. The summed E-state index contributed by atoms with van der Waals surface area (Å²) in [4.78, 5) is 27.0. The number of aryl methyl sites for hydroxylation is 2. The Bertz CT molecular complexity index is 978. The fraction of sp³-hybridized carbons (Fsp3) is 0.364. The largest absolute Gasteiger partial charge is 0.486 e. The van der Waals surface area contributed by atoms with E-state index in [0.29, 0.717) is 37.2 Å². The molecule has 2 heterocycles. The van der Waals surface area contributed by atoms with Crippen molar-refractivity contribution < 1.29 is 23.1 Å². The summed E-state index contributed by atoms with van der Waals surface area (Å²) in [6.45, 7) is 4.67. The Morgan fingerprint density at radius 3 is 2.46 bits per heavy atom.